The molecule has 0 bridgehead atoms. The van der Waals surface area contributed by atoms with Crippen molar-refractivity contribution in [2.24, 2.45) is 0 Å². The van der Waals surface area contributed by atoms with Gasteiger partial charge in [0.2, 0.25) is 0 Å². The van der Waals surface area contributed by atoms with E-state index < -0.39 is 37.8 Å². The summed E-state index contributed by atoms with van der Waals surface area (Å²) in [6.07, 6.45) is 3.61. The number of hydrogen-bond acceptors (Lipinski definition) is 6. The van der Waals surface area contributed by atoms with E-state index in [1.807, 2.05) is 0 Å². The van der Waals surface area contributed by atoms with Gasteiger partial charge in [0.1, 0.15) is 6.15 Å². The first kappa shape index (κ1) is 84.8. The van der Waals surface area contributed by atoms with E-state index in [9.17, 15) is 0 Å². The molecule has 0 aliphatic carbocycles. The normalized spacial score (nSPS) is 10.1. The molecule has 14 heteroatoms. The molecule has 0 saturated carbocycles. The molecule has 12 aromatic rings. The minimum absolute atomic E-state index is 0. The summed E-state index contributed by atoms with van der Waals surface area (Å²) in [5.74, 6) is 0. The van der Waals surface area contributed by atoms with Gasteiger partial charge < -0.3 is 42.2 Å². The molecule has 2 N–H and O–H groups in total. The Morgan fingerprint density at radius 2 is 0.316 bits per heavy atom. The van der Waals surface area contributed by atoms with Gasteiger partial charge in [0, 0.05) is 26.2 Å². The standard InChI is InChI=1S/2C28H29NP2.C24H20B.4CHO.ClH.2Ru.2H/c2*1-5-13-25(14-6-1)30(26-15-7-2-8-16-26)23-21-29-22-24-31(27-17-9-3-10-18-27)28-19-11-4-12-20-28;1-5-13-21(14-6-1)25(22-15-7-2-8-16-22,23-17-9-3-10-18-23)24-19-11-4-12-20-24;4*1-2;;;;;/h2*1-20,29H,21-24H2;1-20H;4*1H;1H;;;;/q;;5*-1;;2*+3;;/p+3. The van der Waals surface area contributed by atoms with Crippen molar-refractivity contribution in [1.29, 1.82) is 0 Å². The van der Waals surface area contributed by atoms with Crippen LogP contribution in [0.5, 0.6) is 0 Å². The second kappa shape index (κ2) is 51.7. The summed E-state index contributed by atoms with van der Waals surface area (Å²) in [5, 5.41) is 19.5. The zero-order valence-corrected chi connectivity index (χ0v) is 63.4. The number of benzene rings is 12. The molecule has 0 saturated heterocycles. The van der Waals surface area contributed by atoms with Crippen molar-refractivity contribution in [3.63, 3.8) is 0 Å². The number of halogens is 1. The molecule has 0 amide bonds. The Morgan fingerprint density at radius 1 is 0.204 bits per heavy atom. The molecule has 98 heavy (non-hydrogen) atoms. The fourth-order valence-electron chi connectivity index (χ4n) is 12.2. The maximum atomic E-state index is 7.75. The number of rotatable bonds is 24. The van der Waals surface area contributed by atoms with Crippen molar-refractivity contribution in [2.45, 2.75) is 0 Å². The molecule has 500 valence electrons. The molecule has 0 aromatic heterocycles. The van der Waals surface area contributed by atoms with Crippen molar-refractivity contribution in [2.75, 3.05) is 50.8 Å². The SMILES string of the molecule is [CH-]=O.[CH-]=O.[CH-]=O.[CH-]=O.[Cl-].[RuH+3].[RuH+3].c1ccc([B-](c2ccccc2)(c2ccccc2)c2ccccc2)cc1.c1ccc([PH+](CCNCC[PH+](c2ccccc2)c2ccccc2)c2ccccc2)cc1.c1ccc([PH+](CCNCC[PH+](c2ccccc2)c2ccccc2)c2ccccc2)cc1. The predicted octanol–water partition coefficient (Wildman–Crippen LogP) is 7.04. The Hall–Kier alpha value is -7.44. The average Bonchev–Trinajstić information content (AvgIpc) is 0.739. The summed E-state index contributed by atoms with van der Waals surface area (Å²) in [5.41, 5.74) is 5.36. The molecular formula is C84H88BClN2O4P4Ru2+4. The first-order valence-corrected chi connectivity index (χ1v) is 38.7. The van der Waals surface area contributed by atoms with Gasteiger partial charge in [0.05, 0.1) is 98.8 Å². The molecule has 12 rings (SSSR count). The second-order valence-electron chi connectivity index (χ2n) is 21.9. The van der Waals surface area contributed by atoms with Gasteiger partial charge in [-0.25, -0.2) is 0 Å². The zero-order chi connectivity index (χ0) is 67.2. The quantitative estimate of drug-likeness (QED) is 0.0222. The summed E-state index contributed by atoms with van der Waals surface area (Å²) in [4.78, 5) is 31.0. The maximum absolute atomic E-state index is 7.75. The minimum atomic E-state index is -1.22. The summed E-state index contributed by atoms with van der Waals surface area (Å²) in [6.45, 7) is 17.3. The third-order valence-electron chi connectivity index (χ3n) is 16.4. The molecule has 0 heterocycles. The van der Waals surface area contributed by atoms with Crippen molar-refractivity contribution in [3.8, 4) is 0 Å². The van der Waals surface area contributed by atoms with Gasteiger partial charge in [-0.2, -0.15) is 21.9 Å². The first-order valence-electron chi connectivity index (χ1n) is 31.9. The van der Waals surface area contributed by atoms with E-state index in [2.05, 4.69) is 402 Å². The van der Waals surface area contributed by atoms with Gasteiger partial charge in [-0.15, -0.1) is 0 Å². The Morgan fingerprint density at radius 3 is 0.439 bits per heavy atom. The van der Waals surface area contributed by atoms with Crippen LogP contribution in [-0.2, 0) is 58.1 Å². The summed E-state index contributed by atoms with van der Waals surface area (Å²) in [6, 6.07) is 132. The Balaban J connectivity index is 0.000000360. The average molecular weight is 1560 g/mol. The van der Waals surface area contributed by atoms with Crippen molar-refractivity contribution in [3.05, 3.63) is 364 Å². The molecular weight excluding hydrogens is 1470 g/mol. The van der Waals surface area contributed by atoms with Gasteiger partial charge in [-0.3, -0.25) is 27.2 Å². The smallest absolute Gasteiger partial charge is 0.108 e. The summed E-state index contributed by atoms with van der Waals surface area (Å²) in [7, 11) is -3.03. The Labute approximate surface area is 620 Å². The number of carbonyl (C=O) groups excluding carboxylic acids is 4. The molecule has 12 aromatic carbocycles. The van der Waals surface area contributed by atoms with Crippen LogP contribution < -0.4 is 87.3 Å². The van der Waals surface area contributed by atoms with Crippen LogP contribution in [0.4, 0.5) is 0 Å². The molecule has 0 aliphatic heterocycles. The largest absolute Gasteiger partial charge is 0.310 e. The van der Waals surface area contributed by atoms with Crippen LogP contribution in [0, 0.1) is 0 Å². The monoisotopic (exact) mass is 1560 g/mol. The molecule has 0 atom stereocenters. The van der Waals surface area contributed by atoms with Crippen molar-refractivity contribution in [1.82, 2.24) is 10.6 Å². The number of nitrogens with one attached hydrogen (secondary N) is 2. The predicted molar refractivity (Wildman–Crippen MR) is 427 cm³/mol. The van der Waals surface area contributed by atoms with Crippen LogP contribution in [-0.4, -0.2) is 84.1 Å². The maximum Gasteiger partial charge on any atom is 0.108 e. The number of hydrogen-bond donors (Lipinski definition) is 2. The van der Waals surface area contributed by atoms with Crippen LogP contribution in [0.25, 0.3) is 0 Å². The molecule has 0 aliphatic rings. The summed E-state index contributed by atoms with van der Waals surface area (Å²) < 4.78 is 0. The topological polar surface area (TPSA) is 92.3 Å². The fourth-order valence-corrected chi connectivity index (χ4v) is 22.3. The zero-order valence-electron chi connectivity index (χ0n) is 55.0. The van der Waals surface area contributed by atoms with E-state index in [-0.39, 0.29) is 51.4 Å². The van der Waals surface area contributed by atoms with Gasteiger partial charge in [0.15, 0.2) is 0 Å². The van der Waals surface area contributed by atoms with Gasteiger partial charge in [-0.1, -0.05) is 267 Å². The van der Waals surface area contributed by atoms with E-state index >= 15 is 0 Å². The molecule has 6 nitrogen and oxygen atoms in total. The van der Waals surface area contributed by atoms with Crippen molar-refractivity contribution >= 4 is 129 Å². The van der Waals surface area contributed by atoms with Gasteiger partial charge >= 0.3 is 39.0 Å². The Bertz CT molecular complexity index is 3190. The van der Waals surface area contributed by atoms with Gasteiger partial charge in [-0.05, 0) is 97.1 Å². The Kier molecular flexibility index (Phi) is 44.7. The van der Waals surface area contributed by atoms with Gasteiger partial charge in [0.25, 0.3) is 0 Å². The fraction of sp³-hybridized carbons (Fsp3) is 0.0952. The second-order valence-corrected chi connectivity index (χ2v) is 32.3. The van der Waals surface area contributed by atoms with E-state index in [0.717, 1.165) is 26.2 Å². The molecule has 0 fully saturated rings. The summed E-state index contributed by atoms with van der Waals surface area (Å²) >= 11 is 0. The third kappa shape index (κ3) is 26.3. The van der Waals surface area contributed by atoms with E-state index in [1.165, 1.54) is 88.9 Å². The van der Waals surface area contributed by atoms with E-state index in [4.69, 9.17) is 19.2 Å². The van der Waals surface area contributed by atoms with Crippen LogP contribution in [0.15, 0.2) is 364 Å². The van der Waals surface area contributed by atoms with E-state index in [0.29, 0.717) is 0 Å². The molecule has 2 radical (unpaired) electrons. The molecule has 0 unspecified atom stereocenters. The van der Waals surface area contributed by atoms with Crippen LogP contribution in [0.1, 0.15) is 0 Å². The van der Waals surface area contributed by atoms with Crippen LogP contribution in [0.3, 0.4) is 0 Å². The van der Waals surface area contributed by atoms with E-state index in [1.54, 1.807) is 0 Å². The molecule has 0 spiro atoms. The van der Waals surface area contributed by atoms with Crippen molar-refractivity contribution < 1.29 is 70.5 Å². The first-order chi connectivity index (χ1) is 47.3. The minimum Gasteiger partial charge on any atom is -0.310 e. The third-order valence-corrected chi connectivity index (χ3v) is 27.6. The van der Waals surface area contributed by atoms with Crippen LogP contribution in [0.2, 0.25) is 0 Å². The van der Waals surface area contributed by atoms with Crippen LogP contribution >= 0.6 is 31.7 Å².